The first-order chi connectivity index (χ1) is 43.0. The van der Waals surface area contributed by atoms with Gasteiger partial charge in [0.05, 0.1) is 64.3 Å². The van der Waals surface area contributed by atoms with E-state index in [1.165, 1.54) is 27.7 Å². The molecule has 26 heteroatoms. The zero-order valence-corrected chi connectivity index (χ0v) is 60.4. The lowest BCUT2D eigenvalue weighted by atomic mass is 9.48. The monoisotopic (exact) mass is 1370 g/mol. The highest BCUT2D eigenvalue weighted by Crippen LogP contribution is 2.63. The van der Waals surface area contributed by atoms with Gasteiger partial charge in [-0.2, -0.15) is 22.0 Å². The van der Waals surface area contributed by atoms with Gasteiger partial charge in [-0.1, -0.05) is 34.6 Å². The van der Waals surface area contributed by atoms with Crippen molar-refractivity contribution in [1.29, 1.82) is 0 Å². The minimum atomic E-state index is -5.74. The van der Waals surface area contributed by atoms with Crippen LogP contribution in [0.5, 0.6) is 0 Å². The highest BCUT2D eigenvalue weighted by molar-refractivity contribution is 5.79. The van der Waals surface area contributed by atoms with E-state index in [0.717, 1.165) is 64.2 Å². The normalized spacial score (nSPS) is 28.0. The van der Waals surface area contributed by atoms with E-state index in [1.807, 2.05) is 104 Å². The maximum atomic E-state index is 14.0. The summed E-state index contributed by atoms with van der Waals surface area (Å²) in [5.74, 6) is -11.8. The van der Waals surface area contributed by atoms with Crippen LogP contribution in [0.25, 0.3) is 0 Å². The number of ether oxygens (including phenoxy) is 9. The Bertz CT molecular complexity index is 2580. The molecule has 7 fully saturated rings. The molecule has 0 aromatic rings. The summed E-state index contributed by atoms with van der Waals surface area (Å²) in [7, 11) is 0. The summed E-state index contributed by atoms with van der Waals surface area (Å²) in [5.41, 5.74) is -8.76. The Morgan fingerprint density at radius 3 is 1.40 bits per heavy atom. The third kappa shape index (κ3) is 23.1. The van der Waals surface area contributed by atoms with E-state index in [4.69, 9.17) is 38.3 Å². The molecule has 21 nitrogen and oxygen atoms in total. The Morgan fingerprint density at radius 2 is 1.01 bits per heavy atom. The highest BCUT2D eigenvalue weighted by Gasteiger charge is 2.83. The van der Waals surface area contributed by atoms with Crippen LogP contribution in [-0.4, -0.2) is 159 Å². The van der Waals surface area contributed by atoms with Crippen LogP contribution < -0.4 is 0 Å². The van der Waals surface area contributed by atoms with Crippen molar-refractivity contribution in [2.45, 2.75) is 306 Å². The number of aliphatic hydroxyl groups is 4. The summed E-state index contributed by atoms with van der Waals surface area (Å²) >= 11 is 0. The molecule has 5 aliphatic carbocycles. The maximum absolute atomic E-state index is 14.0. The van der Waals surface area contributed by atoms with E-state index in [1.54, 1.807) is 6.92 Å². The molecule has 0 aromatic heterocycles. The van der Waals surface area contributed by atoms with Crippen molar-refractivity contribution in [3.63, 3.8) is 0 Å². The second-order valence-electron chi connectivity index (χ2n) is 31.3. The largest absolute Gasteiger partial charge is 0.463 e. The van der Waals surface area contributed by atoms with Gasteiger partial charge in [-0.05, 0) is 213 Å². The van der Waals surface area contributed by atoms with Crippen molar-refractivity contribution in [1.82, 2.24) is 0 Å². The molecule has 5 unspecified atom stereocenters. The summed E-state index contributed by atoms with van der Waals surface area (Å²) in [6.45, 7) is 35.0. The molecule has 0 amide bonds. The number of halogens is 5. The van der Waals surface area contributed by atoms with Crippen LogP contribution in [0.4, 0.5) is 22.0 Å². The van der Waals surface area contributed by atoms with Crippen LogP contribution >= 0.6 is 0 Å². The maximum Gasteiger partial charge on any atom is 0.449 e. The average Bonchev–Trinajstić information content (AvgIpc) is 1.66. The van der Waals surface area contributed by atoms with Gasteiger partial charge in [-0.25, -0.2) is 4.79 Å². The first-order valence-corrected chi connectivity index (χ1v) is 33.4. The Kier molecular flexibility index (Phi) is 29.9. The highest BCUT2D eigenvalue weighted by atomic mass is 19.4. The molecule has 0 radical (unpaired) electrons. The van der Waals surface area contributed by atoms with Crippen molar-refractivity contribution in [2.24, 2.45) is 50.7 Å². The summed E-state index contributed by atoms with van der Waals surface area (Å²) in [5, 5.41) is 37.2. The van der Waals surface area contributed by atoms with Crippen LogP contribution in [-0.2, 0) is 81.0 Å². The van der Waals surface area contributed by atoms with E-state index in [9.17, 15) is 75.6 Å². The summed E-state index contributed by atoms with van der Waals surface area (Å²) in [4.78, 5) is 94.3. The molecular formula is C69H115F5O21. The zero-order valence-electron chi connectivity index (χ0n) is 60.4. The number of aliphatic hydroxyl groups excluding tert-OH is 1. The molecular weight excluding hydrogens is 1260 g/mol. The zero-order chi connectivity index (χ0) is 73.8. The van der Waals surface area contributed by atoms with Crippen LogP contribution in [0.1, 0.15) is 248 Å². The second kappa shape index (κ2) is 32.9. The molecule has 2 aliphatic heterocycles. The SMILES string of the molecule is CCC(C)(C)C(=O)OC1(C)COC(O)(C(F)(F)F)C1(F)F.CCC(C)(C)C(=O)OC12CC3CC(C1)C(C)(OC(=O)COC(=O)CC(C)(C)O)C(C3)C2.CCC(C)(C)C(=O)OC1CCC(C(C)(C)O)CC1.CCC(C)(C)C(=O)OC1COC(=O)C1.CCC(C)(C)C(=O)OCCO. The van der Waals surface area contributed by atoms with Gasteiger partial charge in [0, 0.05) is 11.8 Å². The Morgan fingerprint density at radius 1 is 0.579 bits per heavy atom. The van der Waals surface area contributed by atoms with Crippen LogP contribution in [0.15, 0.2) is 0 Å². The fraction of sp³-hybridized carbons (Fsp3) is 0.884. The first-order valence-electron chi connectivity index (χ1n) is 33.4. The first kappa shape index (κ1) is 86.3. The molecule has 4 bridgehead atoms. The van der Waals surface area contributed by atoms with E-state index >= 15 is 0 Å². The Balaban J connectivity index is 0.000000424. The van der Waals surface area contributed by atoms with Gasteiger partial charge in [0.25, 0.3) is 0 Å². The summed E-state index contributed by atoms with van der Waals surface area (Å²) in [6.07, 6.45) is 4.97. The second-order valence-corrected chi connectivity index (χ2v) is 31.3. The number of carbonyl (C=O) groups excluding carboxylic acids is 8. The molecule has 7 aliphatic rings. The molecule has 7 rings (SSSR count). The lowest BCUT2D eigenvalue weighted by Gasteiger charge is -2.62. The topological polar surface area (TPSA) is 301 Å². The van der Waals surface area contributed by atoms with E-state index < -0.39 is 98.7 Å². The molecule has 4 N–H and O–H groups in total. The number of esters is 8. The molecule has 5 saturated carbocycles. The van der Waals surface area contributed by atoms with Gasteiger partial charge in [0.1, 0.15) is 36.6 Å². The molecule has 2 heterocycles. The fourth-order valence-electron chi connectivity index (χ4n) is 11.2. The minimum absolute atomic E-state index is 0.0434. The van der Waals surface area contributed by atoms with Gasteiger partial charge >= 0.3 is 65.6 Å². The van der Waals surface area contributed by atoms with Crippen molar-refractivity contribution < 1.29 is 123 Å². The number of hydrogen-bond acceptors (Lipinski definition) is 21. The number of alkyl halides is 5. The van der Waals surface area contributed by atoms with Crippen LogP contribution in [0.2, 0.25) is 0 Å². The predicted molar refractivity (Wildman–Crippen MR) is 337 cm³/mol. The molecule has 2 saturated heterocycles. The van der Waals surface area contributed by atoms with Crippen molar-refractivity contribution in [3.8, 4) is 0 Å². The quantitative estimate of drug-likeness (QED) is 0.0445. The number of carbonyl (C=O) groups is 8. The number of cyclic esters (lactones) is 1. The minimum Gasteiger partial charge on any atom is -0.463 e. The number of hydrogen-bond donors (Lipinski definition) is 4. The Hall–Kier alpha value is -4.79. The van der Waals surface area contributed by atoms with Gasteiger partial charge in [0.2, 0.25) is 5.60 Å². The van der Waals surface area contributed by atoms with Gasteiger partial charge < -0.3 is 63.1 Å². The third-order valence-electron chi connectivity index (χ3n) is 20.2. The summed E-state index contributed by atoms with van der Waals surface area (Å²) < 4.78 is 112. The lowest BCUT2D eigenvalue weighted by Crippen LogP contribution is -2.65. The smallest absolute Gasteiger partial charge is 0.449 e. The van der Waals surface area contributed by atoms with Crippen molar-refractivity contribution >= 4 is 47.8 Å². The standard InChI is InChI=1S/C24H38O7.C15H28O3.C12H17F5O4.C10H16O4.C8H16O3/c1-7-21(2,3)20(27)31-24-10-15-8-16(11-24)23(6,17(9-15)12-24)30-19(26)14-29-18(25)13-22(4,5)28;1-6-14(2,3)13(16)18-12-9-7-11(8-10-12)15(4,5)17;1-5-8(2,3)7(18)21-9(4)6-20-11(19,10(9,13)14)12(15,16)17;1-4-10(2,3)9(12)14-7-5-8(11)13-6-7;1-4-8(2,3)7(10)11-6-5-9/h15-17,28H,7-14H2,1-6H3;11-12,17H,6-10H2,1-5H3;19H,5-6H2,1-4H3;7H,4-6H2,1-3H3;9H,4-6H2,1-3H3. The van der Waals surface area contributed by atoms with Gasteiger partial charge in [-0.15, -0.1) is 0 Å². The predicted octanol–water partition coefficient (Wildman–Crippen LogP) is 11.7. The third-order valence-corrected chi connectivity index (χ3v) is 20.2. The molecule has 0 aromatic carbocycles. The van der Waals surface area contributed by atoms with E-state index in [2.05, 4.69) is 9.47 Å². The van der Waals surface area contributed by atoms with E-state index in [-0.39, 0.29) is 98.4 Å². The number of rotatable bonds is 22. The molecule has 0 spiro atoms. The Labute approximate surface area is 559 Å². The fourth-order valence-corrected chi connectivity index (χ4v) is 11.2. The average molecular weight is 1380 g/mol. The lowest BCUT2D eigenvalue weighted by molar-refractivity contribution is -0.409. The van der Waals surface area contributed by atoms with Crippen molar-refractivity contribution in [2.75, 3.05) is 33.0 Å². The van der Waals surface area contributed by atoms with Crippen LogP contribution in [0.3, 0.4) is 0 Å². The molecule has 552 valence electrons. The van der Waals surface area contributed by atoms with Crippen molar-refractivity contribution in [3.05, 3.63) is 0 Å². The van der Waals surface area contributed by atoms with E-state index in [0.29, 0.717) is 38.0 Å². The molecule has 95 heavy (non-hydrogen) atoms. The summed E-state index contributed by atoms with van der Waals surface area (Å²) in [6, 6.07) is 0. The van der Waals surface area contributed by atoms with Crippen LogP contribution in [0, 0.1) is 50.7 Å². The molecule has 5 atom stereocenters. The van der Waals surface area contributed by atoms with Gasteiger partial charge in [0.15, 0.2) is 6.61 Å². The van der Waals surface area contributed by atoms with Gasteiger partial charge in [-0.3, -0.25) is 33.6 Å².